The Hall–Kier alpha value is -3.86. The molecule has 0 aliphatic carbocycles. The molecule has 5 heteroatoms. The SMILES string of the molecule is CCCNC(=O)C(C)N1C(=O)c2ccccc2C1c1c(-c2ccc(C)cc2)[nH]c2ccccc12. The third-order valence-corrected chi connectivity index (χ3v) is 6.70. The molecule has 2 atom stereocenters. The van der Waals surface area contributed by atoms with Crippen molar-refractivity contribution >= 4 is 22.7 Å². The number of hydrogen-bond acceptors (Lipinski definition) is 2. The molecule has 3 aromatic carbocycles. The predicted octanol–water partition coefficient (Wildman–Crippen LogP) is 5.60. The number of hydrogen-bond donors (Lipinski definition) is 2. The molecule has 2 heterocycles. The standard InChI is InChI=1S/C29H29N3O2/c1-4-17-30-28(33)19(3)32-27(21-9-5-6-10-22(21)29(32)34)25-23-11-7-8-12-24(23)31-26(25)20-15-13-18(2)14-16-20/h5-16,19,27,31H,4,17H2,1-3H3,(H,30,33). The summed E-state index contributed by atoms with van der Waals surface area (Å²) in [6.45, 7) is 6.50. The Kier molecular flexibility index (Phi) is 5.70. The lowest BCUT2D eigenvalue weighted by Crippen LogP contribution is -2.47. The molecule has 0 radical (unpaired) electrons. The maximum Gasteiger partial charge on any atom is 0.255 e. The van der Waals surface area contributed by atoms with Crippen LogP contribution in [0.25, 0.3) is 22.2 Å². The maximum atomic E-state index is 13.7. The highest BCUT2D eigenvalue weighted by atomic mass is 16.2. The van der Waals surface area contributed by atoms with E-state index in [0.29, 0.717) is 12.1 Å². The average Bonchev–Trinajstić information content (AvgIpc) is 3.37. The van der Waals surface area contributed by atoms with Gasteiger partial charge < -0.3 is 15.2 Å². The lowest BCUT2D eigenvalue weighted by molar-refractivity contribution is -0.125. The van der Waals surface area contributed by atoms with Crippen LogP contribution >= 0.6 is 0 Å². The van der Waals surface area contributed by atoms with Crippen LogP contribution in [0.15, 0.2) is 72.8 Å². The van der Waals surface area contributed by atoms with Crippen LogP contribution in [-0.4, -0.2) is 34.3 Å². The Morgan fingerprint density at radius 3 is 2.50 bits per heavy atom. The van der Waals surface area contributed by atoms with Crippen molar-refractivity contribution in [3.05, 3.63) is 95.1 Å². The maximum absolute atomic E-state index is 13.7. The summed E-state index contributed by atoms with van der Waals surface area (Å²) in [5, 5.41) is 4.03. The van der Waals surface area contributed by atoms with Gasteiger partial charge in [-0.1, -0.05) is 73.2 Å². The summed E-state index contributed by atoms with van der Waals surface area (Å²) in [6.07, 6.45) is 0.843. The van der Waals surface area contributed by atoms with Crippen molar-refractivity contribution in [2.45, 2.75) is 39.3 Å². The van der Waals surface area contributed by atoms with Crippen molar-refractivity contribution in [1.29, 1.82) is 0 Å². The smallest absolute Gasteiger partial charge is 0.255 e. The topological polar surface area (TPSA) is 65.2 Å². The zero-order valence-corrected chi connectivity index (χ0v) is 19.8. The number of rotatable bonds is 6. The Balaban J connectivity index is 1.74. The zero-order valence-electron chi connectivity index (χ0n) is 19.8. The van der Waals surface area contributed by atoms with Crippen LogP contribution in [0.4, 0.5) is 0 Å². The second-order valence-electron chi connectivity index (χ2n) is 8.99. The molecule has 5 nitrogen and oxygen atoms in total. The van der Waals surface area contributed by atoms with Crippen LogP contribution in [0.1, 0.15) is 53.4 Å². The number of nitrogens with one attached hydrogen (secondary N) is 2. The van der Waals surface area contributed by atoms with Gasteiger partial charge >= 0.3 is 0 Å². The van der Waals surface area contributed by atoms with Crippen molar-refractivity contribution in [3.8, 4) is 11.3 Å². The molecule has 0 saturated heterocycles. The Labute approximate surface area is 199 Å². The van der Waals surface area contributed by atoms with Crippen LogP contribution in [-0.2, 0) is 4.79 Å². The first-order valence-electron chi connectivity index (χ1n) is 11.9. The van der Waals surface area contributed by atoms with E-state index in [1.54, 1.807) is 4.90 Å². The largest absolute Gasteiger partial charge is 0.354 e. The summed E-state index contributed by atoms with van der Waals surface area (Å²) < 4.78 is 0. The molecule has 0 fully saturated rings. The van der Waals surface area contributed by atoms with Crippen LogP contribution < -0.4 is 5.32 Å². The van der Waals surface area contributed by atoms with E-state index < -0.39 is 6.04 Å². The number of carbonyl (C=O) groups excluding carboxylic acids is 2. The second kappa shape index (κ2) is 8.82. The third-order valence-electron chi connectivity index (χ3n) is 6.70. The molecule has 1 aliphatic heterocycles. The van der Waals surface area contributed by atoms with E-state index in [-0.39, 0.29) is 17.9 Å². The van der Waals surface area contributed by atoms with Gasteiger partial charge in [0.15, 0.2) is 0 Å². The summed E-state index contributed by atoms with van der Waals surface area (Å²) in [6, 6.07) is 23.3. The van der Waals surface area contributed by atoms with E-state index in [1.807, 2.05) is 50.2 Å². The predicted molar refractivity (Wildman–Crippen MR) is 136 cm³/mol. The average molecular weight is 452 g/mol. The number of benzene rings is 3. The van der Waals surface area contributed by atoms with Gasteiger partial charge in [0.1, 0.15) is 6.04 Å². The first-order chi connectivity index (χ1) is 16.5. The number of aromatic nitrogens is 1. The van der Waals surface area contributed by atoms with Crippen molar-refractivity contribution in [2.75, 3.05) is 6.54 Å². The molecule has 172 valence electrons. The number of fused-ring (bicyclic) bond motifs is 2. The van der Waals surface area contributed by atoms with Crippen molar-refractivity contribution < 1.29 is 9.59 Å². The summed E-state index contributed by atoms with van der Waals surface area (Å²) in [5.41, 5.74) is 6.83. The van der Waals surface area contributed by atoms with Crippen molar-refractivity contribution in [2.24, 2.45) is 0 Å². The fourth-order valence-electron chi connectivity index (χ4n) is 4.95. The second-order valence-corrected chi connectivity index (χ2v) is 8.99. The molecule has 2 unspecified atom stereocenters. The molecular formula is C29H29N3O2. The van der Waals surface area contributed by atoms with Gasteiger partial charge in [-0.15, -0.1) is 0 Å². The van der Waals surface area contributed by atoms with Gasteiger partial charge in [0.2, 0.25) is 5.91 Å². The van der Waals surface area contributed by atoms with E-state index >= 15 is 0 Å². The van der Waals surface area contributed by atoms with Crippen molar-refractivity contribution in [3.63, 3.8) is 0 Å². The molecule has 1 aromatic heterocycles. The number of para-hydroxylation sites is 1. The van der Waals surface area contributed by atoms with Gasteiger partial charge in [0.05, 0.1) is 11.7 Å². The highest BCUT2D eigenvalue weighted by Gasteiger charge is 2.44. The quantitative estimate of drug-likeness (QED) is 0.401. The molecule has 0 spiro atoms. The van der Waals surface area contributed by atoms with Crippen LogP contribution in [0.3, 0.4) is 0 Å². The number of H-pyrrole nitrogens is 1. The minimum atomic E-state index is -0.615. The van der Waals surface area contributed by atoms with E-state index in [4.69, 9.17) is 0 Å². The molecule has 2 amide bonds. The monoisotopic (exact) mass is 451 g/mol. The summed E-state index contributed by atoms with van der Waals surface area (Å²) >= 11 is 0. The molecular weight excluding hydrogens is 422 g/mol. The van der Waals surface area contributed by atoms with Gasteiger partial charge in [-0.25, -0.2) is 0 Å². The van der Waals surface area contributed by atoms with Gasteiger partial charge in [0.25, 0.3) is 5.91 Å². The third kappa shape index (κ3) is 3.58. The van der Waals surface area contributed by atoms with E-state index in [1.165, 1.54) is 5.56 Å². The van der Waals surface area contributed by atoms with Crippen LogP contribution in [0.5, 0.6) is 0 Å². The molecule has 1 aliphatic rings. The Morgan fingerprint density at radius 1 is 1.03 bits per heavy atom. The Morgan fingerprint density at radius 2 is 1.74 bits per heavy atom. The fourth-order valence-corrected chi connectivity index (χ4v) is 4.95. The molecule has 5 rings (SSSR count). The molecule has 0 saturated carbocycles. The van der Waals surface area contributed by atoms with Gasteiger partial charge in [-0.2, -0.15) is 0 Å². The molecule has 0 bridgehead atoms. The number of nitrogens with zero attached hydrogens (tertiary/aromatic N) is 1. The fraction of sp³-hybridized carbons (Fsp3) is 0.241. The lowest BCUT2D eigenvalue weighted by Gasteiger charge is -2.31. The number of amides is 2. The van der Waals surface area contributed by atoms with Gasteiger partial charge in [0, 0.05) is 28.6 Å². The zero-order chi connectivity index (χ0) is 23.8. The first kappa shape index (κ1) is 22.0. The number of aryl methyl sites for hydroxylation is 1. The lowest BCUT2D eigenvalue weighted by atomic mass is 9.92. The van der Waals surface area contributed by atoms with Gasteiger partial charge in [-0.3, -0.25) is 9.59 Å². The van der Waals surface area contributed by atoms with Crippen molar-refractivity contribution in [1.82, 2.24) is 15.2 Å². The molecule has 2 N–H and O–H groups in total. The van der Waals surface area contributed by atoms with E-state index in [0.717, 1.165) is 39.7 Å². The number of carbonyl (C=O) groups is 2. The van der Waals surface area contributed by atoms with E-state index in [9.17, 15) is 9.59 Å². The van der Waals surface area contributed by atoms with Gasteiger partial charge in [-0.05, 0) is 43.5 Å². The van der Waals surface area contributed by atoms with E-state index in [2.05, 4.69) is 53.6 Å². The summed E-state index contributed by atoms with van der Waals surface area (Å²) in [7, 11) is 0. The highest BCUT2D eigenvalue weighted by Crippen LogP contribution is 2.46. The highest BCUT2D eigenvalue weighted by molar-refractivity contribution is 6.04. The molecule has 34 heavy (non-hydrogen) atoms. The normalized spacial score (nSPS) is 16.0. The first-order valence-corrected chi connectivity index (χ1v) is 11.9. The van der Waals surface area contributed by atoms with Crippen LogP contribution in [0, 0.1) is 6.92 Å². The Bertz CT molecular complexity index is 1370. The summed E-state index contributed by atoms with van der Waals surface area (Å²) in [4.78, 5) is 32.1. The minimum Gasteiger partial charge on any atom is -0.354 e. The molecule has 4 aromatic rings. The minimum absolute atomic E-state index is 0.111. The van der Waals surface area contributed by atoms with Crippen LogP contribution in [0.2, 0.25) is 0 Å². The number of aromatic amines is 1. The summed E-state index contributed by atoms with van der Waals surface area (Å²) in [5.74, 6) is -0.246.